The van der Waals surface area contributed by atoms with Gasteiger partial charge in [-0.15, -0.1) is 0 Å². The highest BCUT2D eigenvalue weighted by atomic mass is 16.5. The number of aryl methyl sites for hydroxylation is 1. The molecule has 37 heavy (non-hydrogen) atoms. The summed E-state index contributed by atoms with van der Waals surface area (Å²) in [7, 11) is 4.14. The van der Waals surface area contributed by atoms with E-state index in [1.54, 1.807) is 0 Å². The van der Waals surface area contributed by atoms with Gasteiger partial charge in [-0.25, -0.2) is 0 Å². The molecular formula is C33H44N2O2. The molecule has 0 saturated carbocycles. The number of carbonyl (C=O) groups excluding carboxylic acids is 1. The Morgan fingerprint density at radius 1 is 0.838 bits per heavy atom. The van der Waals surface area contributed by atoms with Gasteiger partial charge in [0, 0.05) is 37.9 Å². The van der Waals surface area contributed by atoms with E-state index in [-0.39, 0.29) is 17.3 Å². The minimum absolute atomic E-state index is 0.0919. The number of benzene rings is 3. The minimum atomic E-state index is -0.387. The van der Waals surface area contributed by atoms with Gasteiger partial charge in [-0.1, -0.05) is 61.0 Å². The van der Waals surface area contributed by atoms with E-state index in [1.807, 2.05) is 20.8 Å². The van der Waals surface area contributed by atoms with Crippen molar-refractivity contribution < 1.29 is 9.53 Å². The molecule has 3 rings (SSSR count). The van der Waals surface area contributed by atoms with Gasteiger partial charge in [0.05, 0.1) is 12.0 Å². The van der Waals surface area contributed by atoms with Crippen LogP contribution >= 0.6 is 0 Å². The summed E-state index contributed by atoms with van der Waals surface area (Å²) in [5, 5.41) is 3.54. The van der Waals surface area contributed by atoms with Crippen LogP contribution in [0.4, 0.5) is 11.4 Å². The topological polar surface area (TPSA) is 41.6 Å². The summed E-state index contributed by atoms with van der Waals surface area (Å²) in [6.07, 6.45) is 3.77. The van der Waals surface area contributed by atoms with Crippen molar-refractivity contribution in [2.45, 2.75) is 59.3 Å². The molecule has 1 atom stereocenters. The number of unbranched alkanes of at least 4 members (excludes halogenated alkanes) is 2. The molecule has 0 radical (unpaired) electrons. The van der Waals surface area contributed by atoms with E-state index in [0.29, 0.717) is 6.61 Å². The molecule has 0 fully saturated rings. The Labute approximate surface area is 224 Å². The fourth-order valence-electron chi connectivity index (χ4n) is 4.24. The van der Waals surface area contributed by atoms with Crippen LogP contribution in [-0.4, -0.2) is 33.2 Å². The van der Waals surface area contributed by atoms with Crippen molar-refractivity contribution in [1.82, 2.24) is 0 Å². The summed E-state index contributed by atoms with van der Waals surface area (Å²) >= 11 is 0. The molecule has 0 amide bonds. The van der Waals surface area contributed by atoms with Crippen molar-refractivity contribution in [3.05, 3.63) is 95.1 Å². The van der Waals surface area contributed by atoms with Gasteiger partial charge < -0.3 is 15.0 Å². The van der Waals surface area contributed by atoms with Gasteiger partial charge in [0.1, 0.15) is 0 Å². The molecule has 0 spiro atoms. The summed E-state index contributed by atoms with van der Waals surface area (Å²) in [5.41, 5.74) is 7.09. The van der Waals surface area contributed by atoms with Crippen LogP contribution in [0.2, 0.25) is 0 Å². The number of carbonyl (C=O) groups is 1. The molecule has 1 unspecified atom stereocenters. The zero-order valence-electron chi connectivity index (χ0n) is 23.5. The van der Waals surface area contributed by atoms with Crippen molar-refractivity contribution in [2.24, 2.45) is 5.41 Å². The lowest BCUT2D eigenvalue weighted by atomic mass is 9.84. The van der Waals surface area contributed by atoms with Crippen LogP contribution in [0.3, 0.4) is 0 Å². The Hall–Kier alpha value is -3.27. The lowest BCUT2D eigenvalue weighted by Crippen LogP contribution is -2.26. The summed E-state index contributed by atoms with van der Waals surface area (Å²) in [6, 6.07) is 26.6. The zero-order valence-corrected chi connectivity index (χ0v) is 23.5. The van der Waals surface area contributed by atoms with Gasteiger partial charge in [-0.05, 0) is 87.4 Å². The predicted molar refractivity (Wildman–Crippen MR) is 157 cm³/mol. The molecule has 0 heterocycles. The number of rotatable bonds is 13. The molecule has 0 saturated heterocycles. The second-order valence-electron chi connectivity index (χ2n) is 10.8. The number of hydrogen-bond donors (Lipinski definition) is 1. The Morgan fingerprint density at radius 3 is 1.92 bits per heavy atom. The lowest BCUT2D eigenvalue weighted by Gasteiger charge is -2.21. The fourth-order valence-corrected chi connectivity index (χ4v) is 4.24. The number of esters is 1. The van der Waals surface area contributed by atoms with Crippen molar-refractivity contribution in [1.29, 1.82) is 0 Å². The SMILES string of the molecule is CCC(C)(C)C(=O)OCCCCCNc1ccc(C(c2ccc(C)cc2)c2ccc(N(C)C)cc2)cc1. The number of anilines is 2. The molecule has 4 nitrogen and oxygen atoms in total. The summed E-state index contributed by atoms with van der Waals surface area (Å²) in [4.78, 5) is 14.2. The Morgan fingerprint density at radius 2 is 1.38 bits per heavy atom. The van der Waals surface area contributed by atoms with Crippen LogP contribution in [0.25, 0.3) is 0 Å². The van der Waals surface area contributed by atoms with Crippen LogP contribution in [0.5, 0.6) is 0 Å². The van der Waals surface area contributed by atoms with E-state index in [1.165, 1.54) is 27.9 Å². The quantitative estimate of drug-likeness (QED) is 0.148. The Bertz CT molecular complexity index is 1100. The fraction of sp³-hybridized carbons (Fsp3) is 0.424. The normalized spacial score (nSPS) is 12.2. The van der Waals surface area contributed by atoms with Gasteiger partial charge in [0.2, 0.25) is 0 Å². The smallest absolute Gasteiger partial charge is 0.311 e. The second kappa shape index (κ2) is 13.3. The van der Waals surface area contributed by atoms with Gasteiger partial charge in [-0.2, -0.15) is 0 Å². The third-order valence-electron chi connectivity index (χ3n) is 7.22. The maximum atomic E-state index is 12.0. The summed E-state index contributed by atoms with van der Waals surface area (Å²) in [6.45, 7) is 9.44. The minimum Gasteiger partial charge on any atom is -0.465 e. The monoisotopic (exact) mass is 500 g/mol. The summed E-state index contributed by atoms with van der Waals surface area (Å²) in [5.74, 6) is 0.0945. The van der Waals surface area contributed by atoms with E-state index in [0.717, 1.165) is 37.9 Å². The predicted octanol–water partition coefficient (Wildman–Crippen LogP) is 7.80. The highest BCUT2D eigenvalue weighted by Crippen LogP contribution is 2.33. The van der Waals surface area contributed by atoms with E-state index in [2.05, 4.69) is 104 Å². The van der Waals surface area contributed by atoms with Crippen molar-refractivity contribution in [3.63, 3.8) is 0 Å². The molecule has 0 aliphatic rings. The van der Waals surface area contributed by atoms with E-state index >= 15 is 0 Å². The van der Waals surface area contributed by atoms with Crippen LogP contribution < -0.4 is 10.2 Å². The molecular weight excluding hydrogens is 456 g/mol. The maximum Gasteiger partial charge on any atom is 0.311 e. The highest BCUT2D eigenvalue weighted by molar-refractivity contribution is 5.75. The highest BCUT2D eigenvalue weighted by Gasteiger charge is 2.26. The molecule has 0 bridgehead atoms. The number of nitrogens with zero attached hydrogens (tertiary/aromatic N) is 1. The van der Waals surface area contributed by atoms with Crippen LogP contribution in [-0.2, 0) is 9.53 Å². The number of ether oxygens (including phenoxy) is 1. The van der Waals surface area contributed by atoms with Gasteiger partial charge >= 0.3 is 5.97 Å². The first-order valence-electron chi connectivity index (χ1n) is 13.6. The number of nitrogens with one attached hydrogen (secondary N) is 1. The zero-order chi connectivity index (χ0) is 26.8. The van der Waals surface area contributed by atoms with E-state index < -0.39 is 0 Å². The molecule has 0 aliphatic carbocycles. The lowest BCUT2D eigenvalue weighted by molar-refractivity contribution is -0.154. The average Bonchev–Trinajstić information content (AvgIpc) is 2.90. The third-order valence-corrected chi connectivity index (χ3v) is 7.22. The van der Waals surface area contributed by atoms with Crippen LogP contribution in [0.1, 0.15) is 74.6 Å². The molecule has 0 aromatic heterocycles. The molecule has 4 heteroatoms. The first-order valence-corrected chi connectivity index (χ1v) is 13.6. The Balaban J connectivity index is 1.57. The van der Waals surface area contributed by atoms with E-state index in [4.69, 9.17) is 4.74 Å². The third kappa shape index (κ3) is 8.11. The van der Waals surface area contributed by atoms with Crippen molar-refractivity contribution in [3.8, 4) is 0 Å². The van der Waals surface area contributed by atoms with Crippen LogP contribution in [0.15, 0.2) is 72.8 Å². The second-order valence-corrected chi connectivity index (χ2v) is 10.8. The summed E-state index contributed by atoms with van der Waals surface area (Å²) < 4.78 is 5.43. The average molecular weight is 501 g/mol. The maximum absolute atomic E-state index is 12.0. The first kappa shape index (κ1) is 28.3. The standard InChI is InChI=1S/C33H44N2O2/c1-7-33(3,4)32(36)37-24-10-8-9-23-34-29-19-15-27(16-20-29)31(26-13-11-25(2)12-14-26)28-17-21-30(22-18-28)35(5)6/h11-22,31,34H,7-10,23-24H2,1-6H3. The molecule has 0 aliphatic heterocycles. The van der Waals surface area contributed by atoms with Gasteiger partial charge in [-0.3, -0.25) is 4.79 Å². The molecule has 3 aromatic rings. The van der Waals surface area contributed by atoms with Crippen molar-refractivity contribution >= 4 is 17.3 Å². The van der Waals surface area contributed by atoms with Gasteiger partial charge in [0.25, 0.3) is 0 Å². The van der Waals surface area contributed by atoms with Crippen molar-refractivity contribution in [2.75, 3.05) is 37.5 Å². The molecule has 1 N–H and O–H groups in total. The largest absolute Gasteiger partial charge is 0.465 e. The van der Waals surface area contributed by atoms with E-state index in [9.17, 15) is 4.79 Å². The molecule has 3 aromatic carbocycles. The van der Waals surface area contributed by atoms with Gasteiger partial charge in [0.15, 0.2) is 0 Å². The molecule has 198 valence electrons. The van der Waals surface area contributed by atoms with Crippen LogP contribution in [0, 0.1) is 12.3 Å². The number of hydrogen-bond acceptors (Lipinski definition) is 4. The Kier molecular flexibility index (Phi) is 10.2. The first-order chi connectivity index (χ1) is 17.7.